The molecule has 0 bridgehead atoms. The lowest BCUT2D eigenvalue weighted by atomic mass is 10.3. The first kappa shape index (κ1) is 12.2. The number of hydrogen-bond donors (Lipinski definition) is 1. The number of ether oxygens (including phenoxy) is 1. The van der Waals surface area contributed by atoms with Crippen molar-refractivity contribution in [2.24, 2.45) is 0 Å². The summed E-state index contributed by atoms with van der Waals surface area (Å²) >= 11 is 0. The fourth-order valence-corrected chi connectivity index (χ4v) is 1.80. The number of hydrogen-bond acceptors (Lipinski definition) is 4. The molecule has 100 valence electrons. The van der Waals surface area contributed by atoms with Gasteiger partial charge in [-0.3, -0.25) is 4.79 Å². The van der Waals surface area contributed by atoms with E-state index >= 15 is 0 Å². The fraction of sp³-hybridized carbons (Fsp3) is 0.0667. The third-order valence-electron chi connectivity index (χ3n) is 2.73. The number of benzene rings is 2. The number of carbonyl (C=O) groups excluding carboxylic acids is 1. The van der Waals surface area contributed by atoms with E-state index in [9.17, 15) is 4.79 Å². The number of fused-ring (bicyclic) bond motifs is 1. The lowest BCUT2D eigenvalue weighted by Gasteiger charge is -2.07. The van der Waals surface area contributed by atoms with Gasteiger partial charge in [-0.1, -0.05) is 18.2 Å². The monoisotopic (exact) mass is 268 g/mol. The molecule has 1 heterocycles. The van der Waals surface area contributed by atoms with Gasteiger partial charge in [0.1, 0.15) is 11.3 Å². The molecule has 0 saturated heterocycles. The second kappa shape index (κ2) is 5.44. The number of amides is 1. The SMILES string of the molecule is O=C(COc1ccccc1)Nc1ccc2ocnc2c1. The molecule has 1 amide bonds. The quantitative estimate of drug-likeness (QED) is 0.790. The van der Waals surface area contributed by atoms with Gasteiger partial charge in [0, 0.05) is 5.69 Å². The van der Waals surface area contributed by atoms with Crippen molar-refractivity contribution in [2.45, 2.75) is 0 Å². The first-order valence-corrected chi connectivity index (χ1v) is 6.12. The minimum Gasteiger partial charge on any atom is -0.484 e. The van der Waals surface area contributed by atoms with Gasteiger partial charge in [-0.05, 0) is 30.3 Å². The van der Waals surface area contributed by atoms with Crippen LogP contribution in [0.4, 0.5) is 5.69 Å². The van der Waals surface area contributed by atoms with Crippen molar-refractivity contribution in [1.29, 1.82) is 0 Å². The van der Waals surface area contributed by atoms with Crippen LogP contribution in [0.1, 0.15) is 0 Å². The molecule has 2 aromatic carbocycles. The lowest BCUT2D eigenvalue weighted by molar-refractivity contribution is -0.118. The zero-order valence-electron chi connectivity index (χ0n) is 10.6. The number of nitrogens with zero attached hydrogens (tertiary/aromatic N) is 1. The molecule has 0 radical (unpaired) electrons. The van der Waals surface area contributed by atoms with Gasteiger partial charge < -0.3 is 14.5 Å². The van der Waals surface area contributed by atoms with Crippen molar-refractivity contribution in [1.82, 2.24) is 4.98 Å². The highest BCUT2D eigenvalue weighted by molar-refractivity contribution is 5.93. The van der Waals surface area contributed by atoms with E-state index in [2.05, 4.69) is 10.3 Å². The highest BCUT2D eigenvalue weighted by Gasteiger charge is 2.05. The molecule has 0 aliphatic rings. The van der Waals surface area contributed by atoms with E-state index < -0.39 is 0 Å². The van der Waals surface area contributed by atoms with E-state index in [1.54, 1.807) is 30.3 Å². The number of carbonyl (C=O) groups is 1. The molecule has 20 heavy (non-hydrogen) atoms. The van der Waals surface area contributed by atoms with Crippen LogP contribution >= 0.6 is 0 Å². The summed E-state index contributed by atoms with van der Waals surface area (Å²) < 4.78 is 10.5. The van der Waals surface area contributed by atoms with E-state index in [1.807, 2.05) is 18.2 Å². The van der Waals surface area contributed by atoms with Crippen LogP contribution in [-0.2, 0) is 4.79 Å². The van der Waals surface area contributed by atoms with Gasteiger partial charge in [0.25, 0.3) is 5.91 Å². The number of oxazole rings is 1. The van der Waals surface area contributed by atoms with E-state index in [0.29, 0.717) is 22.5 Å². The molecular weight excluding hydrogens is 256 g/mol. The second-order valence-electron chi connectivity index (χ2n) is 4.18. The maximum absolute atomic E-state index is 11.8. The van der Waals surface area contributed by atoms with Gasteiger partial charge in [0.05, 0.1) is 0 Å². The number of rotatable bonds is 4. The molecule has 5 heteroatoms. The minimum atomic E-state index is -0.225. The van der Waals surface area contributed by atoms with Gasteiger partial charge in [0.2, 0.25) is 0 Å². The molecule has 0 spiro atoms. The Hall–Kier alpha value is -2.82. The van der Waals surface area contributed by atoms with Crippen LogP contribution in [0, 0.1) is 0 Å². The van der Waals surface area contributed by atoms with Crippen LogP contribution < -0.4 is 10.1 Å². The summed E-state index contributed by atoms with van der Waals surface area (Å²) in [4.78, 5) is 15.8. The second-order valence-corrected chi connectivity index (χ2v) is 4.18. The van der Waals surface area contributed by atoms with E-state index in [1.165, 1.54) is 6.39 Å². The van der Waals surface area contributed by atoms with Crippen LogP contribution in [0.15, 0.2) is 59.3 Å². The number of nitrogens with one attached hydrogen (secondary N) is 1. The van der Waals surface area contributed by atoms with Gasteiger partial charge >= 0.3 is 0 Å². The van der Waals surface area contributed by atoms with E-state index in [4.69, 9.17) is 9.15 Å². The van der Waals surface area contributed by atoms with Crippen molar-refractivity contribution in [3.63, 3.8) is 0 Å². The predicted octanol–water partition coefficient (Wildman–Crippen LogP) is 2.85. The average molecular weight is 268 g/mol. The van der Waals surface area contributed by atoms with Crippen LogP contribution in [-0.4, -0.2) is 17.5 Å². The van der Waals surface area contributed by atoms with Crippen molar-refractivity contribution < 1.29 is 13.9 Å². The van der Waals surface area contributed by atoms with Crippen molar-refractivity contribution in [2.75, 3.05) is 11.9 Å². The Bertz CT molecular complexity index is 722. The summed E-state index contributed by atoms with van der Waals surface area (Å²) in [6.45, 7) is -0.0408. The Kier molecular flexibility index (Phi) is 3.33. The number of para-hydroxylation sites is 1. The van der Waals surface area contributed by atoms with Crippen molar-refractivity contribution >= 4 is 22.7 Å². The molecule has 1 N–H and O–H groups in total. The minimum absolute atomic E-state index is 0.0408. The normalized spacial score (nSPS) is 10.4. The molecule has 0 saturated carbocycles. The van der Waals surface area contributed by atoms with Crippen LogP contribution in [0.5, 0.6) is 5.75 Å². The van der Waals surface area contributed by atoms with Gasteiger partial charge in [-0.25, -0.2) is 4.98 Å². The summed E-state index contributed by atoms with van der Waals surface area (Å²) in [6, 6.07) is 14.5. The molecule has 3 rings (SSSR count). The first-order valence-electron chi connectivity index (χ1n) is 6.12. The van der Waals surface area contributed by atoms with Gasteiger partial charge in [-0.2, -0.15) is 0 Å². The number of anilines is 1. The van der Waals surface area contributed by atoms with Crippen LogP contribution in [0.3, 0.4) is 0 Å². The third kappa shape index (κ3) is 2.77. The summed E-state index contributed by atoms with van der Waals surface area (Å²) in [5.41, 5.74) is 2.04. The molecule has 0 aliphatic carbocycles. The van der Waals surface area contributed by atoms with E-state index in [-0.39, 0.29) is 12.5 Å². The summed E-state index contributed by atoms with van der Waals surface area (Å²) in [5.74, 6) is 0.436. The van der Waals surface area contributed by atoms with Gasteiger partial charge in [-0.15, -0.1) is 0 Å². The molecule has 0 fully saturated rings. The molecule has 1 aromatic heterocycles. The average Bonchev–Trinajstić information content (AvgIpc) is 2.94. The number of aromatic nitrogens is 1. The zero-order valence-corrected chi connectivity index (χ0v) is 10.6. The van der Waals surface area contributed by atoms with E-state index in [0.717, 1.165) is 0 Å². The van der Waals surface area contributed by atoms with Crippen molar-refractivity contribution in [3.8, 4) is 5.75 Å². The standard InChI is InChI=1S/C15H12N2O3/c18-15(9-19-12-4-2-1-3-5-12)17-11-6-7-14-13(8-11)16-10-20-14/h1-8,10H,9H2,(H,17,18). The summed E-state index contributed by atoms with van der Waals surface area (Å²) in [7, 11) is 0. The summed E-state index contributed by atoms with van der Waals surface area (Å²) in [5, 5.41) is 2.75. The third-order valence-corrected chi connectivity index (χ3v) is 2.73. The first-order chi connectivity index (χ1) is 9.81. The van der Waals surface area contributed by atoms with Crippen molar-refractivity contribution in [3.05, 3.63) is 54.9 Å². The Labute approximate surface area is 115 Å². The molecule has 0 aliphatic heterocycles. The molecule has 0 atom stereocenters. The zero-order chi connectivity index (χ0) is 13.8. The predicted molar refractivity (Wildman–Crippen MR) is 74.6 cm³/mol. The maximum Gasteiger partial charge on any atom is 0.262 e. The Morgan fingerprint density at radius 2 is 2.05 bits per heavy atom. The molecule has 0 unspecified atom stereocenters. The summed E-state index contributed by atoms with van der Waals surface area (Å²) in [6.07, 6.45) is 1.37. The Morgan fingerprint density at radius 1 is 1.20 bits per heavy atom. The highest BCUT2D eigenvalue weighted by Crippen LogP contribution is 2.17. The highest BCUT2D eigenvalue weighted by atomic mass is 16.5. The maximum atomic E-state index is 11.8. The topological polar surface area (TPSA) is 64.4 Å². The largest absolute Gasteiger partial charge is 0.484 e. The molecule has 5 nitrogen and oxygen atoms in total. The molecule has 3 aromatic rings. The van der Waals surface area contributed by atoms with Gasteiger partial charge in [0.15, 0.2) is 18.6 Å². The Balaban J connectivity index is 1.61. The fourth-order valence-electron chi connectivity index (χ4n) is 1.80. The smallest absolute Gasteiger partial charge is 0.262 e. The van der Waals surface area contributed by atoms with Crippen LogP contribution in [0.25, 0.3) is 11.1 Å². The Morgan fingerprint density at radius 3 is 2.90 bits per heavy atom. The lowest BCUT2D eigenvalue weighted by Crippen LogP contribution is -2.20. The van der Waals surface area contributed by atoms with Crippen LogP contribution in [0.2, 0.25) is 0 Å². The molecular formula is C15H12N2O3.